The molecule has 0 heterocycles. The zero-order valence-corrected chi connectivity index (χ0v) is 12.9. The normalized spacial score (nSPS) is 41.0. The van der Waals surface area contributed by atoms with Crippen molar-refractivity contribution in [1.29, 1.82) is 0 Å². The Morgan fingerprint density at radius 3 is 2.29 bits per heavy atom. The molecule has 0 aromatic rings. The van der Waals surface area contributed by atoms with Gasteiger partial charge in [-0.05, 0) is 56.8 Å². The van der Waals surface area contributed by atoms with Crippen LogP contribution in [-0.4, -0.2) is 26.1 Å². The molecular formula is C14H21NO5S. The van der Waals surface area contributed by atoms with E-state index in [0.29, 0.717) is 30.3 Å². The highest BCUT2D eigenvalue weighted by Crippen LogP contribution is 2.58. The Hall–Kier alpha value is -0.920. The number of carbonyl (C=O) groups is 1. The number of hydrogen-bond acceptors (Lipinski definition) is 5. The summed E-state index contributed by atoms with van der Waals surface area (Å²) in [6.45, 7) is 5.15. The van der Waals surface area contributed by atoms with Gasteiger partial charge in [0.2, 0.25) is 0 Å². The number of rotatable bonds is 4. The van der Waals surface area contributed by atoms with Crippen molar-refractivity contribution in [3.63, 3.8) is 0 Å². The van der Waals surface area contributed by atoms with Crippen LogP contribution in [0.25, 0.3) is 0 Å². The van der Waals surface area contributed by atoms with Gasteiger partial charge in [-0.25, -0.2) is 14.1 Å². The van der Waals surface area contributed by atoms with Gasteiger partial charge in [0, 0.05) is 5.57 Å². The van der Waals surface area contributed by atoms with Gasteiger partial charge in [0.25, 0.3) is 0 Å². The maximum absolute atomic E-state index is 11.9. The van der Waals surface area contributed by atoms with Gasteiger partial charge >= 0.3 is 16.3 Å². The quantitative estimate of drug-likeness (QED) is 0.622. The molecular weight excluding hydrogens is 294 g/mol. The maximum Gasteiger partial charge on any atom is 0.333 e. The summed E-state index contributed by atoms with van der Waals surface area (Å²) in [5.74, 6) is 0.527. The molecule has 21 heavy (non-hydrogen) atoms. The lowest BCUT2D eigenvalue weighted by Gasteiger charge is -2.58. The van der Waals surface area contributed by atoms with Gasteiger partial charge in [0.05, 0.1) is 0 Å². The molecule has 4 rings (SSSR count). The molecule has 0 spiro atoms. The van der Waals surface area contributed by atoms with Gasteiger partial charge in [-0.2, -0.15) is 8.42 Å². The maximum atomic E-state index is 11.9. The van der Waals surface area contributed by atoms with Gasteiger partial charge in [0.1, 0.15) is 11.7 Å². The number of ether oxygens (including phenoxy) is 1. The van der Waals surface area contributed by atoms with Crippen molar-refractivity contribution in [3.8, 4) is 0 Å². The largest absolute Gasteiger partial charge is 0.456 e. The minimum atomic E-state index is -4.09. The lowest BCUT2D eigenvalue weighted by molar-refractivity contribution is -0.209. The lowest BCUT2D eigenvalue weighted by atomic mass is 9.53. The number of esters is 1. The summed E-state index contributed by atoms with van der Waals surface area (Å²) in [7, 11) is -4.09. The Labute approximate surface area is 124 Å². The van der Waals surface area contributed by atoms with E-state index in [1.807, 2.05) is 0 Å². The van der Waals surface area contributed by atoms with Crippen molar-refractivity contribution in [2.24, 2.45) is 22.9 Å². The van der Waals surface area contributed by atoms with Crippen molar-refractivity contribution in [2.45, 2.75) is 50.7 Å². The average Bonchev–Trinajstić information content (AvgIpc) is 2.29. The van der Waals surface area contributed by atoms with Crippen LogP contribution in [0.5, 0.6) is 0 Å². The number of carbonyl (C=O) groups excluding carboxylic acids is 1. The second-order valence-corrected chi connectivity index (χ2v) is 8.01. The van der Waals surface area contributed by atoms with Crippen LogP contribution in [0.4, 0.5) is 0 Å². The highest BCUT2D eigenvalue weighted by atomic mass is 32.2. The lowest BCUT2D eigenvalue weighted by Crippen LogP contribution is -2.63. The summed E-state index contributed by atoms with van der Waals surface area (Å²) in [5.41, 5.74) is -0.678. The predicted molar refractivity (Wildman–Crippen MR) is 75.2 cm³/mol. The molecule has 118 valence electrons. The molecule has 0 radical (unpaired) electrons. The topological polar surface area (TPSA) is 95.7 Å². The molecule has 0 aromatic heterocycles. The highest BCUT2D eigenvalue weighted by Gasteiger charge is 2.61. The molecule has 3 atom stereocenters. The van der Waals surface area contributed by atoms with Gasteiger partial charge in [-0.3, -0.25) is 0 Å². The summed E-state index contributed by atoms with van der Waals surface area (Å²) in [6.07, 6.45) is 3.65. The first-order valence-electron chi connectivity index (χ1n) is 7.28. The SMILES string of the molecule is C=C(C)C(=O)OC1C2CC3CC(C2)CC1(OS(N)(=O)=O)C3. The Morgan fingerprint density at radius 2 is 1.81 bits per heavy atom. The van der Waals surface area contributed by atoms with Crippen molar-refractivity contribution in [1.82, 2.24) is 0 Å². The van der Waals surface area contributed by atoms with Crippen LogP contribution in [0, 0.1) is 17.8 Å². The third-order valence-corrected chi connectivity index (χ3v) is 5.58. The van der Waals surface area contributed by atoms with E-state index in [9.17, 15) is 13.2 Å². The molecule has 4 saturated carbocycles. The fourth-order valence-electron chi connectivity index (χ4n) is 4.69. The molecule has 4 bridgehead atoms. The van der Waals surface area contributed by atoms with E-state index < -0.39 is 28.0 Å². The molecule has 4 fully saturated rings. The number of hydrogen-bond donors (Lipinski definition) is 1. The van der Waals surface area contributed by atoms with Crippen LogP contribution >= 0.6 is 0 Å². The highest BCUT2D eigenvalue weighted by molar-refractivity contribution is 7.84. The van der Waals surface area contributed by atoms with E-state index in [1.54, 1.807) is 6.92 Å². The first kappa shape index (κ1) is 15.0. The average molecular weight is 315 g/mol. The molecule has 2 N–H and O–H groups in total. The van der Waals surface area contributed by atoms with Gasteiger partial charge < -0.3 is 4.74 Å². The fraction of sp³-hybridized carbons (Fsp3) is 0.786. The Morgan fingerprint density at radius 1 is 1.24 bits per heavy atom. The summed E-state index contributed by atoms with van der Waals surface area (Å²) < 4.78 is 33.8. The van der Waals surface area contributed by atoms with Crippen molar-refractivity contribution in [3.05, 3.63) is 12.2 Å². The number of nitrogens with two attached hydrogens (primary N) is 1. The molecule has 0 saturated heterocycles. The van der Waals surface area contributed by atoms with Crippen LogP contribution in [-0.2, 0) is 24.0 Å². The molecule has 0 aromatic carbocycles. The zero-order chi connectivity index (χ0) is 15.4. The van der Waals surface area contributed by atoms with Crippen molar-refractivity contribution in [2.75, 3.05) is 0 Å². The molecule has 3 unspecified atom stereocenters. The van der Waals surface area contributed by atoms with Gasteiger partial charge in [-0.15, -0.1) is 0 Å². The summed E-state index contributed by atoms with van der Waals surface area (Å²) in [5, 5.41) is 5.10. The van der Waals surface area contributed by atoms with E-state index in [-0.39, 0.29) is 5.92 Å². The summed E-state index contributed by atoms with van der Waals surface area (Å²) in [6, 6.07) is 0. The minimum Gasteiger partial charge on any atom is -0.456 e. The van der Waals surface area contributed by atoms with Crippen LogP contribution in [0.2, 0.25) is 0 Å². The Balaban J connectivity index is 1.91. The van der Waals surface area contributed by atoms with Gasteiger partial charge in [-0.1, -0.05) is 6.58 Å². The Kier molecular flexibility index (Phi) is 3.42. The summed E-state index contributed by atoms with van der Waals surface area (Å²) >= 11 is 0. The van der Waals surface area contributed by atoms with Crippen LogP contribution in [0.3, 0.4) is 0 Å². The molecule has 4 aliphatic carbocycles. The smallest absolute Gasteiger partial charge is 0.333 e. The van der Waals surface area contributed by atoms with Gasteiger partial charge in [0.15, 0.2) is 0 Å². The van der Waals surface area contributed by atoms with E-state index in [2.05, 4.69) is 6.58 Å². The first-order chi connectivity index (χ1) is 9.68. The van der Waals surface area contributed by atoms with E-state index in [1.165, 1.54) is 0 Å². The second-order valence-electron chi connectivity index (χ2n) is 6.85. The van der Waals surface area contributed by atoms with Crippen molar-refractivity contribution >= 4 is 16.3 Å². The molecule has 0 aliphatic heterocycles. The predicted octanol–water partition coefficient (Wildman–Crippen LogP) is 1.27. The molecule has 7 heteroatoms. The Bertz CT molecular complexity index is 570. The standard InChI is InChI=1S/C14H21NO5S/c1-8(2)13(16)19-12-11-4-9-3-10(5-11)7-14(12,6-9)20-21(15,17)18/h9-12H,1,3-7H2,2H3,(H2,15,17,18). The van der Waals surface area contributed by atoms with Crippen LogP contribution in [0.15, 0.2) is 12.2 Å². The van der Waals surface area contributed by atoms with Crippen LogP contribution in [0.1, 0.15) is 39.0 Å². The van der Waals surface area contributed by atoms with Crippen molar-refractivity contribution < 1.29 is 22.1 Å². The third-order valence-electron chi connectivity index (χ3n) is 5.02. The first-order valence-corrected chi connectivity index (χ1v) is 8.75. The van der Waals surface area contributed by atoms with E-state index in [4.69, 9.17) is 14.1 Å². The third kappa shape index (κ3) is 2.74. The summed E-state index contributed by atoms with van der Waals surface area (Å²) in [4.78, 5) is 11.9. The molecule has 6 nitrogen and oxygen atoms in total. The fourth-order valence-corrected chi connectivity index (χ4v) is 5.38. The van der Waals surface area contributed by atoms with E-state index >= 15 is 0 Å². The second kappa shape index (κ2) is 4.79. The zero-order valence-electron chi connectivity index (χ0n) is 12.1. The minimum absolute atomic E-state index is 0.154. The monoisotopic (exact) mass is 315 g/mol. The molecule has 4 aliphatic rings. The molecule has 0 amide bonds. The van der Waals surface area contributed by atoms with E-state index in [0.717, 1.165) is 19.3 Å². The van der Waals surface area contributed by atoms with Crippen LogP contribution < -0.4 is 5.14 Å².